The quantitative estimate of drug-likeness (QED) is 0.344. The van der Waals surface area contributed by atoms with Crippen molar-refractivity contribution in [1.82, 2.24) is 14.7 Å². The van der Waals surface area contributed by atoms with Crippen molar-refractivity contribution in [3.63, 3.8) is 0 Å². The van der Waals surface area contributed by atoms with Crippen LogP contribution in [-0.4, -0.2) is 33.7 Å². The van der Waals surface area contributed by atoms with Crippen LogP contribution in [0.2, 0.25) is 0 Å². The third-order valence-electron chi connectivity index (χ3n) is 5.99. The van der Waals surface area contributed by atoms with Crippen molar-refractivity contribution in [2.45, 2.75) is 25.4 Å². The summed E-state index contributed by atoms with van der Waals surface area (Å²) in [4.78, 5) is 15.4. The first kappa shape index (κ1) is 21.8. The van der Waals surface area contributed by atoms with Crippen molar-refractivity contribution in [3.8, 4) is 28.6 Å². The van der Waals surface area contributed by atoms with Crippen molar-refractivity contribution in [3.05, 3.63) is 96.1 Å². The number of carbonyl (C=O) groups excluding carboxylic acids is 1. The Hall–Kier alpha value is -4.06. The van der Waals surface area contributed by atoms with E-state index in [2.05, 4.69) is 0 Å². The Morgan fingerprint density at radius 2 is 1.65 bits per heavy atom. The highest BCUT2D eigenvalue weighted by atomic mass is 16.5. The van der Waals surface area contributed by atoms with Gasteiger partial charge in [0.15, 0.2) is 0 Å². The molecule has 0 atom stereocenters. The summed E-state index contributed by atoms with van der Waals surface area (Å²) in [6.07, 6.45) is 2.01. The molecule has 6 nitrogen and oxygen atoms in total. The molecule has 5 rings (SSSR count). The SMILES string of the molecule is COc1cccc(Oc2c(CN(C(=O)c3ccccc3)C3CC3)c(-c3ccccc3)nn2C)c1. The van der Waals surface area contributed by atoms with Gasteiger partial charge in [0.25, 0.3) is 5.91 Å². The molecular weight excluding hydrogens is 426 g/mol. The van der Waals surface area contributed by atoms with E-state index in [1.54, 1.807) is 11.8 Å². The van der Waals surface area contributed by atoms with Gasteiger partial charge < -0.3 is 14.4 Å². The van der Waals surface area contributed by atoms with Crippen LogP contribution in [-0.2, 0) is 13.6 Å². The first-order valence-corrected chi connectivity index (χ1v) is 11.4. The van der Waals surface area contributed by atoms with Gasteiger partial charge in [-0.05, 0) is 37.1 Å². The lowest BCUT2D eigenvalue weighted by molar-refractivity contribution is 0.0729. The lowest BCUT2D eigenvalue weighted by atomic mass is 10.1. The van der Waals surface area contributed by atoms with Crippen LogP contribution in [0.25, 0.3) is 11.3 Å². The fraction of sp³-hybridized carbons (Fsp3) is 0.214. The molecule has 34 heavy (non-hydrogen) atoms. The summed E-state index contributed by atoms with van der Waals surface area (Å²) < 4.78 is 13.5. The van der Waals surface area contributed by atoms with Crippen LogP contribution in [0.1, 0.15) is 28.8 Å². The molecule has 172 valence electrons. The number of rotatable bonds is 8. The molecule has 0 aliphatic heterocycles. The Kier molecular flexibility index (Phi) is 6.04. The Balaban J connectivity index is 1.56. The van der Waals surface area contributed by atoms with Crippen molar-refractivity contribution < 1.29 is 14.3 Å². The summed E-state index contributed by atoms with van der Waals surface area (Å²) in [6, 6.07) is 27.2. The zero-order valence-electron chi connectivity index (χ0n) is 19.3. The van der Waals surface area contributed by atoms with E-state index in [0.29, 0.717) is 29.5 Å². The van der Waals surface area contributed by atoms with Gasteiger partial charge in [0.2, 0.25) is 5.88 Å². The van der Waals surface area contributed by atoms with Crippen molar-refractivity contribution in [1.29, 1.82) is 0 Å². The number of aromatic nitrogens is 2. The van der Waals surface area contributed by atoms with Crippen molar-refractivity contribution in [2.24, 2.45) is 7.05 Å². The fourth-order valence-electron chi connectivity index (χ4n) is 4.10. The minimum Gasteiger partial charge on any atom is -0.497 e. The summed E-state index contributed by atoms with van der Waals surface area (Å²) in [5.41, 5.74) is 3.37. The third kappa shape index (κ3) is 4.53. The second-order valence-corrected chi connectivity index (χ2v) is 8.43. The molecule has 1 aromatic heterocycles. The number of methoxy groups -OCH3 is 1. The average Bonchev–Trinajstić information content (AvgIpc) is 3.68. The second kappa shape index (κ2) is 9.43. The Bertz CT molecular complexity index is 1280. The number of amides is 1. The standard InChI is InChI=1S/C28H27N3O3/c1-30-28(34-24-15-9-14-23(18-24)33-2)25(26(29-30)20-10-5-3-6-11-20)19-31(22-16-17-22)27(32)21-12-7-4-8-13-21/h3-15,18,22H,16-17,19H2,1-2H3. The monoisotopic (exact) mass is 453 g/mol. The predicted molar refractivity (Wildman–Crippen MR) is 131 cm³/mol. The van der Waals surface area contributed by atoms with Crippen LogP contribution in [0.5, 0.6) is 17.4 Å². The zero-order valence-corrected chi connectivity index (χ0v) is 19.3. The Morgan fingerprint density at radius 3 is 2.32 bits per heavy atom. The van der Waals surface area contributed by atoms with Crippen LogP contribution in [0.4, 0.5) is 0 Å². The number of nitrogens with zero attached hydrogens (tertiary/aromatic N) is 3. The molecule has 0 radical (unpaired) electrons. The normalized spacial score (nSPS) is 12.9. The van der Waals surface area contributed by atoms with Gasteiger partial charge in [0.1, 0.15) is 17.2 Å². The minimum absolute atomic E-state index is 0.0262. The number of aryl methyl sites for hydroxylation is 1. The summed E-state index contributed by atoms with van der Waals surface area (Å²) in [5, 5.41) is 4.81. The molecule has 1 heterocycles. The summed E-state index contributed by atoms with van der Waals surface area (Å²) in [7, 11) is 3.50. The number of hydrogen-bond acceptors (Lipinski definition) is 4. The van der Waals surface area contributed by atoms with Gasteiger partial charge in [-0.25, -0.2) is 4.68 Å². The second-order valence-electron chi connectivity index (χ2n) is 8.43. The number of carbonyl (C=O) groups is 1. The summed E-state index contributed by atoms with van der Waals surface area (Å²) in [6.45, 7) is 0.412. The van der Waals surface area contributed by atoms with Gasteiger partial charge in [-0.1, -0.05) is 54.6 Å². The molecule has 1 saturated carbocycles. The number of ether oxygens (including phenoxy) is 2. The smallest absolute Gasteiger partial charge is 0.254 e. The van der Waals surface area contributed by atoms with Crippen LogP contribution >= 0.6 is 0 Å². The van der Waals surface area contributed by atoms with Crippen LogP contribution < -0.4 is 9.47 Å². The molecule has 0 spiro atoms. The van der Waals surface area contributed by atoms with E-state index in [1.807, 2.05) is 96.9 Å². The third-order valence-corrected chi connectivity index (χ3v) is 5.99. The predicted octanol–water partition coefficient (Wildman–Crippen LogP) is 5.69. The van der Waals surface area contributed by atoms with Gasteiger partial charge >= 0.3 is 0 Å². The molecule has 4 aromatic rings. The van der Waals surface area contributed by atoms with E-state index in [1.165, 1.54) is 0 Å². The summed E-state index contributed by atoms with van der Waals surface area (Å²) >= 11 is 0. The largest absolute Gasteiger partial charge is 0.497 e. The lowest BCUT2D eigenvalue weighted by Gasteiger charge is -2.23. The Labute approximate surface area is 199 Å². The maximum absolute atomic E-state index is 13.5. The molecule has 1 aliphatic carbocycles. The molecule has 0 N–H and O–H groups in total. The first-order valence-electron chi connectivity index (χ1n) is 11.4. The van der Waals surface area contributed by atoms with Crippen LogP contribution in [0, 0.1) is 0 Å². The van der Waals surface area contributed by atoms with E-state index in [0.717, 1.165) is 29.7 Å². The van der Waals surface area contributed by atoms with E-state index < -0.39 is 0 Å². The zero-order chi connectivity index (χ0) is 23.5. The van der Waals surface area contributed by atoms with Gasteiger partial charge in [0.05, 0.1) is 19.2 Å². The summed E-state index contributed by atoms with van der Waals surface area (Å²) in [5.74, 6) is 2.00. The molecule has 1 amide bonds. The highest BCUT2D eigenvalue weighted by Crippen LogP contribution is 2.38. The number of benzene rings is 3. The van der Waals surface area contributed by atoms with Crippen LogP contribution in [0.3, 0.4) is 0 Å². The molecule has 0 unspecified atom stereocenters. The maximum atomic E-state index is 13.5. The van der Waals surface area contributed by atoms with Gasteiger partial charge in [-0.15, -0.1) is 0 Å². The molecule has 3 aromatic carbocycles. The minimum atomic E-state index is 0.0262. The number of hydrogen-bond donors (Lipinski definition) is 0. The van der Waals surface area contributed by atoms with E-state index in [4.69, 9.17) is 14.6 Å². The van der Waals surface area contributed by atoms with E-state index in [-0.39, 0.29) is 11.9 Å². The average molecular weight is 454 g/mol. The van der Waals surface area contributed by atoms with E-state index >= 15 is 0 Å². The molecule has 0 saturated heterocycles. The fourth-order valence-corrected chi connectivity index (χ4v) is 4.10. The van der Waals surface area contributed by atoms with Crippen LogP contribution in [0.15, 0.2) is 84.9 Å². The highest BCUT2D eigenvalue weighted by molar-refractivity contribution is 5.94. The van der Waals surface area contributed by atoms with E-state index in [9.17, 15) is 4.79 Å². The molecule has 1 fully saturated rings. The molecule has 6 heteroatoms. The van der Waals surface area contributed by atoms with Crippen molar-refractivity contribution >= 4 is 5.91 Å². The van der Waals surface area contributed by atoms with Gasteiger partial charge in [-0.3, -0.25) is 4.79 Å². The molecular formula is C28H27N3O3. The van der Waals surface area contributed by atoms with Crippen molar-refractivity contribution in [2.75, 3.05) is 7.11 Å². The first-order chi connectivity index (χ1) is 16.6. The maximum Gasteiger partial charge on any atom is 0.254 e. The highest BCUT2D eigenvalue weighted by Gasteiger charge is 2.35. The Morgan fingerprint density at radius 1 is 0.971 bits per heavy atom. The van der Waals surface area contributed by atoms with Gasteiger partial charge in [-0.2, -0.15) is 5.10 Å². The lowest BCUT2D eigenvalue weighted by Crippen LogP contribution is -2.32. The van der Waals surface area contributed by atoms with Gasteiger partial charge in [0, 0.05) is 30.3 Å². The molecule has 0 bridgehead atoms. The molecule has 1 aliphatic rings. The topological polar surface area (TPSA) is 56.6 Å².